The van der Waals surface area contributed by atoms with Gasteiger partial charge in [0.1, 0.15) is 17.6 Å². The Balaban J connectivity index is 1.26. The summed E-state index contributed by atoms with van der Waals surface area (Å²) in [6.07, 6.45) is 1.44. The number of aliphatic carboxylic acids is 1. The lowest BCUT2D eigenvalue weighted by molar-refractivity contribution is -0.168. The molecule has 2 amide bonds. The van der Waals surface area contributed by atoms with Crippen LogP contribution in [0.2, 0.25) is 0 Å². The van der Waals surface area contributed by atoms with Gasteiger partial charge in [0, 0.05) is 32.0 Å². The van der Waals surface area contributed by atoms with Crippen molar-refractivity contribution < 1.29 is 29.0 Å². The second kappa shape index (κ2) is 8.85. The second-order valence-electron chi connectivity index (χ2n) is 9.57. The van der Waals surface area contributed by atoms with Gasteiger partial charge < -0.3 is 24.8 Å². The maximum absolute atomic E-state index is 13.3. The van der Waals surface area contributed by atoms with Gasteiger partial charge in [-0.1, -0.05) is 54.6 Å². The smallest absolute Gasteiger partial charge is 0.408 e. The van der Waals surface area contributed by atoms with Crippen molar-refractivity contribution in [3.05, 3.63) is 72.3 Å². The first-order valence-corrected chi connectivity index (χ1v) is 11.7. The molecule has 2 heterocycles. The van der Waals surface area contributed by atoms with Gasteiger partial charge in [-0.2, -0.15) is 0 Å². The molecule has 0 spiro atoms. The number of carbonyl (C=O) groups is 3. The molecular weight excluding hydrogens is 448 g/mol. The van der Waals surface area contributed by atoms with Crippen molar-refractivity contribution in [2.24, 2.45) is 5.41 Å². The number of allylic oxidation sites excluding steroid dienone is 1. The summed E-state index contributed by atoms with van der Waals surface area (Å²) in [7, 11) is 0. The van der Waals surface area contributed by atoms with Crippen LogP contribution in [0.15, 0.2) is 61.2 Å². The number of nitrogens with zero attached hydrogens (tertiary/aromatic N) is 1. The lowest BCUT2D eigenvalue weighted by atomic mass is 9.75. The van der Waals surface area contributed by atoms with E-state index in [1.807, 2.05) is 36.4 Å². The molecule has 0 saturated carbocycles. The normalized spacial score (nSPS) is 22.0. The number of fused-ring (bicyclic) bond motifs is 3. The number of alkyl carbamates (subject to hydrolysis) is 1. The van der Waals surface area contributed by atoms with E-state index in [4.69, 9.17) is 9.47 Å². The van der Waals surface area contributed by atoms with Crippen LogP contribution in [0.4, 0.5) is 4.79 Å². The van der Waals surface area contributed by atoms with Gasteiger partial charge >= 0.3 is 12.1 Å². The first-order valence-electron chi connectivity index (χ1n) is 11.7. The zero-order valence-corrected chi connectivity index (χ0v) is 19.4. The molecule has 0 aromatic heterocycles. The van der Waals surface area contributed by atoms with Crippen molar-refractivity contribution in [3.63, 3.8) is 0 Å². The number of amides is 2. The molecule has 1 unspecified atom stereocenters. The molecule has 1 aliphatic carbocycles. The summed E-state index contributed by atoms with van der Waals surface area (Å²) < 4.78 is 11.1. The highest BCUT2D eigenvalue weighted by Gasteiger charge is 2.56. The molecule has 3 aliphatic rings. The molecule has 2 aromatic carbocycles. The van der Waals surface area contributed by atoms with Crippen LogP contribution in [-0.4, -0.2) is 66.4 Å². The zero-order valence-electron chi connectivity index (χ0n) is 19.4. The standard InChI is InChI=1S/C27H28N2O6/c1-2-11-26(24(31)32)15-29(16-26)23(30)27(12-13-34-17-27)28-25(33)35-14-22-20-9-5-3-7-18(20)19-8-4-6-10-21(19)22/h2-10,22H,1,11-17H2,(H,28,33)(H,31,32). The van der Waals surface area contributed by atoms with Crippen molar-refractivity contribution >= 4 is 18.0 Å². The van der Waals surface area contributed by atoms with E-state index >= 15 is 0 Å². The summed E-state index contributed by atoms with van der Waals surface area (Å²) >= 11 is 0. The third kappa shape index (κ3) is 3.87. The monoisotopic (exact) mass is 476 g/mol. The zero-order chi connectivity index (χ0) is 24.6. The summed E-state index contributed by atoms with van der Waals surface area (Å²) in [5, 5.41) is 12.4. The lowest BCUT2D eigenvalue weighted by Gasteiger charge is -2.49. The summed E-state index contributed by atoms with van der Waals surface area (Å²) in [6.45, 7) is 4.25. The van der Waals surface area contributed by atoms with E-state index in [2.05, 4.69) is 24.0 Å². The molecule has 0 radical (unpaired) electrons. The minimum absolute atomic E-state index is 0.0219. The first kappa shape index (κ1) is 23.1. The topological polar surface area (TPSA) is 105 Å². The van der Waals surface area contributed by atoms with Crippen molar-refractivity contribution in [3.8, 4) is 11.1 Å². The van der Waals surface area contributed by atoms with Crippen LogP contribution in [0.3, 0.4) is 0 Å². The molecular formula is C27H28N2O6. The highest BCUT2D eigenvalue weighted by Crippen LogP contribution is 2.44. The Hall–Kier alpha value is -3.65. The van der Waals surface area contributed by atoms with E-state index < -0.39 is 23.0 Å². The Bertz CT molecular complexity index is 1130. The molecule has 2 saturated heterocycles. The van der Waals surface area contributed by atoms with Crippen LogP contribution in [0.25, 0.3) is 11.1 Å². The highest BCUT2D eigenvalue weighted by atomic mass is 16.6. The van der Waals surface area contributed by atoms with E-state index in [1.165, 1.54) is 4.90 Å². The molecule has 8 heteroatoms. The van der Waals surface area contributed by atoms with Crippen molar-refractivity contribution in [1.29, 1.82) is 0 Å². The molecule has 2 aromatic rings. The van der Waals surface area contributed by atoms with Crippen LogP contribution < -0.4 is 5.32 Å². The molecule has 8 nitrogen and oxygen atoms in total. The Kier molecular flexibility index (Phi) is 5.84. The number of benzene rings is 2. The Labute approximate surface area is 203 Å². The van der Waals surface area contributed by atoms with Gasteiger partial charge in [0.25, 0.3) is 5.91 Å². The Morgan fingerprint density at radius 2 is 1.74 bits per heavy atom. The van der Waals surface area contributed by atoms with Gasteiger partial charge in [-0.15, -0.1) is 6.58 Å². The van der Waals surface area contributed by atoms with Crippen molar-refractivity contribution in [1.82, 2.24) is 10.2 Å². The molecule has 5 rings (SSSR count). The Morgan fingerprint density at radius 1 is 1.11 bits per heavy atom. The van der Waals surface area contributed by atoms with Crippen LogP contribution in [0.1, 0.15) is 29.9 Å². The third-order valence-electron chi connectivity index (χ3n) is 7.38. The van der Waals surface area contributed by atoms with Crippen LogP contribution in [0, 0.1) is 5.41 Å². The molecule has 182 valence electrons. The molecule has 0 bridgehead atoms. The quantitative estimate of drug-likeness (QED) is 0.595. The van der Waals surface area contributed by atoms with Gasteiger partial charge in [0.05, 0.1) is 6.61 Å². The predicted molar refractivity (Wildman–Crippen MR) is 128 cm³/mol. The number of likely N-dealkylation sites (tertiary alicyclic amines) is 1. The molecule has 2 aliphatic heterocycles. The third-order valence-corrected chi connectivity index (χ3v) is 7.38. The van der Waals surface area contributed by atoms with Gasteiger partial charge in [-0.3, -0.25) is 9.59 Å². The van der Waals surface area contributed by atoms with Crippen LogP contribution >= 0.6 is 0 Å². The largest absolute Gasteiger partial charge is 0.481 e. The fraction of sp³-hybridized carbons (Fsp3) is 0.370. The number of ether oxygens (including phenoxy) is 2. The number of carboxylic acids is 1. The first-order chi connectivity index (χ1) is 16.9. The number of nitrogens with one attached hydrogen (secondary N) is 1. The number of hydrogen-bond acceptors (Lipinski definition) is 5. The van der Waals surface area contributed by atoms with Crippen molar-refractivity contribution in [2.45, 2.75) is 24.3 Å². The Morgan fingerprint density at radius 3 is 2.29 bits per heavy atom. The number of carboxylic acid groups (broad SMARTS) is 1. The predicted octanol–water partition coefficient (Wildman–Crippen LogP) is 3.17. The van der Waals surface area contributed by atoms with Gasteiger partial charge in [-0.25, -0.2) is 4.79 Å². The summed E-state index contributed by atoms with van der Waals surface area (Å²) in [6, 6.07) is 16.1. The maximum atomic E-state index is 13.3. The number of carbonyl (C=O) groups excluding carboxylic acids is 2. The van der Waals surface area contributed by atoms with Gasteiger partial charge in [0.2, 0.25) is 0 Å². The highest BCUT2D eigenvalue weighted by molar-refractivity contribution is 5.93. The number of hydrogen-bond donors (Lipinski definition) is 2. The molecule has 1 atom stereocenters. The minimum Gasteiger partial charge on any atom is -0.481 e. The van der Waals surface area contributed by atoms with E-state index in [0.29, 0.717) is 13.0 Å². The average Bonchev–Trinajstić information content (AvgIpc) is 3.43. The van der Waals surface area contributed by atoms with Crippen LogP contribution in [-0.2, 0) is 19.1 Å². The summed E-state index contributed by atoms with van der Waals surface area (Å²) in [4.78, 5) is 39.4. The minimum atomic E-state index is -1.26. The maximum Gasteiger partial charge on any atom is 0.408 e. The number of rotatable bonds is 7. The van der Waals surface area contributed by atoms with Crippen LogP contribution in [0.5, 0.6) is 0 Å². The average molecular weight is 477 g/mol. The second-order valence-corrected chi connectivity index (χ2v) is 9.57. The van der Waals surface area contributed by atoms with Gasteiger partial charge in [-0.05, 0) is 28.7 Å². The summed E-state index contributed by atoms with van der Waals surface area (Å²) in [5.41, 5.74) is 2.18. The SMILES string of the molecule is C=CCC1(C(=O)O)CN(C(=O)C2(NC(=O)OCC3c4ccccc4-c4ccccc43)CCOC2)C1. The molecule has 35 heavy (non-hydrogen) atoms. The van der Waals surface area contributed by atoms with E-state index in [1.54, 1.807) is 6.08 Å². The summed E-state index contributed by atoms with van der Waals surface area (Å²) in [5.74, 6) is -1.39. The van der Waals surface area contributed by atoms with Gasteiger partial charge in [0.15, 0.2) is 0 Å². The van der Waals surface area contributed by atoms with E-state index in [0.717, 1.165) is 22.3 Å². The fourth-order valence-electron chi connectivity index (χ4n) is 5.47. The van der Waals surface area contributed by atoms with E-state index in [9.17, 15) is 19.5 Å². The molecule has 2 fully saturated rings. The fourth-order valence-corrected chi connectivity index (χ4v) is 5.47. The van der Waals surface area contributed by atoms with E-state index in [-0.39, 0.29) is 44.5 Å². The molecule has 2 N–H and O–H groups in total. The van der Waals surface area contributed by atoms with Crippen molar-refractivity contribution in [2.75, 3.05) is 32.9 Å². The lowest BCUT2D eigenvalue weighted by Crippen LogP contribution is -2.69.